The van der Waals surface area contributed by atoms with Crippen LogP contribution >= 0.6 is 0 Å². The molecule has 12 heavy (non-hydrogen) atoms. The van der Waals surface area contributed by atoms with E-state index in [1.165, 1.54) is 0 Å². The zero-order valence-electron chi connectivity index (χ0n) is 7.81. The van der Waals surface area contributed by atoms with Crippen molar-refractivity contribution in [3.05, 3.63) is 23.9 Å². The highest BCUT2D eigenvalue weighted by molar-refractivity contribution is 5.88. The molecule has 0 radical (unpaired) electrons. The van der Waals surface area contributed by atoms with Crippen molar-refractivity contribution in [3.8, 4) is 0 Å². The third-order valence-corrected chi connectivity index (χ3v) is 1.16. The molecular weight excluding hydrogens is 154 g/mol. The maximum absolute atomic E-state index is 11.1. The lowest BCUT2D eigenvalue weighted by molar-refractivity contribution is -0.138. The molecule has 0 saturated carbocycles. The number of hydrogen-bond donors (Lipinski definition) is 1. The van der Waals surface area contributed by atoms with Crippen molar-refractivity contribution in [1.82, 2.24) is 5.32 Å². The predicted octanol–water partition coefficient (Wildman–Crippen LogP) is 1.23. The molecular formula is C9H15NO2. The lowest BCUT2D eigenvalue weighted by atomic mass is 10.3. The van der Waals surface area contributed by atoms with Crippen LogP contribution in [0.4, 0.5) is 0 Å². The van der Waals surface area contributed by atoms with Crippen molar-refractivity contribution in [2.45, 2.75) is 13.8 Å². The van der Waals surface area contributed by atoms with E-state index in [-0.39, 0.29) is 5.97 Å². The Morgan fingerprint density at radius 3 is 2.58 bits per heavy atom. The van der Waals surface area contributed by atoms with E-state index >= 15 is 0 Å². The van der Waals surface area contributed by atoms with Gasteiger partial charge in [-0.25, -0.2) is 4.79 Å². The molecule has 0 unspecified atom stereocenters. The fourth-order valence-corrected chi connectivity index (χ4v) is 0.688. The molecule has 0 aromatic carbocycles. The van der Waals surface area contributed by atoms with Crippen molar-refractivity contribution in [3.63, 3.8) is 0 Å². The van der Waals surface area contributed by atoms with E-state index in [2.05, 4.69) is 11.9 Å². The molecule has 0 amide bonds. The summed E-state index contributed by atoms with van der Waals surface area (Å²) in [5.74, 6) is -0.344. The molecule has 0 aliphatic rings. The SMILES string of the molecule is C=C(C)/C=C(\NC)C(=O)OCC. The van der Waals surface area contributed by atoms with Crippen LogP contribution in [-0.2, 0) is 9.53 Å². The normalized spacial score (nSPS) is 10.8. The first-order valence-electron chi connectivity index (χ1n) is 3.83. The van der Waals surface area contributed by atoms with Gasteiger partial charge in [-0.05, 0) is 19.9 Å². The molecule has 0 saturated heterocycles. The van der Waals surface area contributed by atoms with Crippen LogP contribution in [0.3, 0.4) is 0 Å². The lowest BCUT2D eigenvalue weighted by Gasteiger charge is -2.05. The van der Waals surface area contributed by atoms with Crippen LogP contribution in [0.5, 0.6) is 0 Å². The Hall–Kier alpha value is -1.25. The number of nitrogens with one attached hydrogen (secondary N) is 1. The van der Waals surface area contributed by atoms with Gasteiger partial charge in [0.05, 0.1) is 6.61 Å². The number of carbonyl (C=O) groups is 1. The molecule has 0 rings (SSSR count). The number of rotatable bonds is 4. The van der Waals surface area contributed by atoms with E-state index < -0.39 is 0 Å². The van der Waals surface area contributed by atoms with Crippen molar-refractivity contribution >= 4 is 5.97 Å². The average molecular weight is 169 g/mol. The summed E-state index contributed by atoms with van der Waals surface area (Å²) in [4.78, 5) is 11.1. The van der Waals surface area contributed by atoms with Gasteiger partial charge < -0.3 is 10.1 Å². The minimum absolute atomic E-state index is 0.344. The maximum atomic E-state index is 11.1. The first kappa shape index (κ1) is 10.8. The second-order valence-corrected chi connectivity index (χ2v) is 2.37. The van der Waals surface area contributed by atoms with Crippen molar-refractivity contribution in [2.75, 3.05) is 13.7 Å². The molecule has 0 fully saturated rings. The van der Waals surface area contributed by atoms with Crippen LogP contribution in [-0.4, -0.2) is 19.6 Å². The van der Waals surface area contributed by atoms with Crippen LogP contribution < -0.4 is 5.32 Å². The van der Waals surface area contributed by atoms with Gasteiger partial charge in [0.15, 0.2) is 0 Å². The molecule has 0 bridgehead atoms. The Bertz CT molecular complexity index is 207. The molecule has 68 valence electrons. The smallest absolute Gasteiger partial charge is 0.354 e. The summed E-state index contributed by atoms with van der Waals surface area (Å²) in [5, 5.41) is 2.74. The van der Waals surface area contributed by atoms with Crippen LogP contribution in [0.2, 0.25) is 0 Å². The highest BCUT2D eigenvalue weighted by atomic mass is 16.5. The number of likely N-dealkylation sites (N-methyl/N-ethyl adjacent to an activating group) is 1. The minimum atomic E-state index is -0.344. The van der Waals surface area contributed by atoms with E-state index in [1.54, 1.807) is 20.0 Å². The van der Waals surface area contributed by atoms with Crippen molar-refractivity contribution in [2.24, 2.45) is 0 Å². The van der Waals surface area contributed by atoms with Gasteiger partial charge in [-0.2, -0.15) is 0 Å². The fraction of sp³-hybridized carbons (Fsp3) is 0.444. The second-order valence-electron chi connectivity index (χ2n) is 2.37. The number of allylic oxidation sites excluding steroid dienone is 2. The van der Waals surface area contributed by atoms with Crippen molar-refractivity contribution in [1.29, 1.82) is 0 Å². The molecule has 3 nitrogen and oxygen atoms in total. The highest BCUT2D eigenvalue weighted by Crippen LogP contribution is 1.98. The summed E-state index contributed by atoms with van der Waals surface area (Å²) in [6, 6.07) is 0. The van der Waals surface area contributed by atoms with Gasteiger partial charge in [0.25, 0.3) is 0 Å². The zero-order valence-corrected chi connectivity index (χ0v) is 7.81. The fourth-order valence-electron chi connectivity index (χ4n) is 0.688. The molecule has 3 heteroatoms. The molecule has 0 spiro atoms. The summed E-state index contributed by atoms with van der Waals surface area (Å²) in [6.45, 7) is 7.63. The van der Waals surface area contributed by atoms with E-state index in [0.29, 0.717) is 12.3 Å². The molecule has 0 aliphatic carbocycles. The summed E-state index contributed by atoms with van der Waals surface area (Å²) in [5.41, 5.74) is 1.25. The first-order valence-corrected chi connectivity index (χ1v) is 3.83. The van der Waals surface area contributed by atoms with Gasteiger partial charge in [0.1, 0.15) is 5.70 Å². The predicted molar refractivity (Wildman–Crippen MR) is 48.6 cm³/mol. The molecule has 1 N–H and O–H groups in total. The number of hydrogen-bond acceptors (Lipinski definition) is 3. The van der Waals surface area contributed by atoms with E-state index in [0.717, 1.165) is 5.57 Å². The summed E-state index contributed by atoms with van der Waals surface area (Å²) in [7, 11) is 1.67. The molecule has 0 heterocycles. The molecule has 0 aromatic rings. The second kappa shape index (κ2) is 5.41. The van der Waals surface area contributed by atoms with Gasteiger partial charge in [-0.3, -0.25) is 0 Å². The van der Waals surface area contributed by atoms with Gasteiger partial charge in [-0.15, -0.1) is 0 Å². The lowest BCUT2D eigenvalue weighted by Crippen LogP contribution is -2.18. The highest BCUT2D eigenvalue weighted by Gasteiger charge is 2.06. The van der Waals surface area contributed by atoms with Gasteiger partial charge in [0.2, 0.25) is 0 Å². The monoisotopic (exact) mass is 169 g/mol. The molecule has 0 aromatic heterocycles. The van der Waals surface area contributed by atoms with Crippen LogP contribution in [0, 0.1) is 0 Å². The van der Waals surface area contributed by atoms with Gasteiger partial charge in [-0.1, -0.05) is 12.2 Å². The third kappa shape index (κ3) is 3.81. The quantitative estimate of drug-likeness (QED) is 0.391. The Morgan fingerprint density at radius 2 is 2.25 bits per heavy atom. The summed E-state index contributed by atoms with van der Waals surface area (Å²) >= 11 is 0. The summed E-state index contributed by atoms with van der Waals surface area (Å²) < 4.78 is 4.78. The van der Waals surface area contributed by atoms with E-state index in [9.17, 15) is 4.79 Å². The topological polar surface area (TPSA) is 38.3 Å². The van der Waals surface area contributed by atoms with Crippen LogP contribution in [0.25, 0.3) is 0 Å². The molecule has 0 aliphatic heterocycles. The van der Waals surface area contributed by atoms with Crippen LogP contribution in [0.15, 0.2) is 23.9 Å². The standard InChI is InChI=1S/C9H15NO2/c1-5-12-9(11)8(10-4)6-7(2)3/h6,10H,2,5H2,1,3-4H3/b8-6-. The first-order chi connectivity index (χ1) is 5.61. The van der Waals surface area contributed by atoms with Gasteiger partial charge in [0, 0.05) is 7.05 Å². The number of carbonyl (C=O) groups excluding carboxylic acids is 1. The summed E-state index contributed by atoms with van der Waals surface area (Å²) in [6.07, 6.45) is 1.65. The average Bonchev–Trinajstić information content (AvgIpc) is 2.00. The Morgan fingerprint density at radius 1 is 1.67 bits per heavy atom. The Kier molecular flexibility index (Phi) is 4.84. The molecule has 0 atom stereocenters. The number of ether oxygens (including phenoxy) is 1. The zero-order chi connectivity index (χ0) is 9.56. The van der Waals surface area contributed by atoms with E-state index in [4.69, 9.17) is 4.74 Å². The Labute approximate surface area is 73.1 Å². The van der Waals surface area contributed by atoms with Crippen LogP contribution in [0.1, 0.15) is 13.8 Å². The minimum Gasteiger partial charge on any atom is -0.461 e. The third-order valence-electron chi connectivity index (χ3n) is 1.16. The largest absolute Gasteiger partial charge is 0.461 e. The maximum Gasteiger partial charge on any atom is 0.354 e. The van der Waals surface area contributed by atoms with Crippen molar-refractivity contribution < 1.29 is 9.53 Å². The van der Waals surface area contributed by atoms with E-state index in [1.807, 2.05) is 6.92 Å². The number of esters is 1. The van der Waals surface area contributed by atoms with Gasteiger partial charge >= 0.3 is 5.97 Å². The Balaban J connectivity index is 4.34.